The summed E-state index contributed by atoms with van der Waals surface area (Å²) < 4.78 is 7.67. The molecule has 4 rings (SSSR count). The van der Waals surface area contributed by atoms with Crippen LogP contribution in [0.25, 0.3) is 15.3 Å². The first kappa shape index (κ1) is 19.8. The lowest BCUT2D eigenvalue weighted by Gasteiger charge is -2.21. The van der Waals surface area contributed by atoms with E-state index in [1.807, 2.05) is 54.6 Å². The lowest BCUT2D eigenvalue weighted by Crippen LogP contribution is -2.36. The topological polar surface area (TPSA) is 77.3 Å². The first-order valence-electron chi connectivity index (χ1n) is 9.53. The monoisotopic (exact) mass is 420 g/mol. The maximum atomic E-state index is 13.2. The molecule has 0 saturated carbocycles. The number of para-hydroxylation sites is 1. The van der Waals surface area contributed by atoms with E-state index in [9.17, 15) is 9.59 Å². The van der Waals surface area contributed by atoms with E-state index in [2.05, 4.69) is 10.1 Å². The Bertz CT molecular complexity index is 1140. The zero-order valence-corrected chi connectivity index (χ0v) is 17.2. The van der Waals surface area contributed by atoms with Crippen LogP contribution < -0.4 is 0 Å². The third kappa shape index (κ3) is 4.38. The van der Waals surface area contributed by atoms with Gasteiger partial charge in [-0.1, -0.05) is 53.8 Å². The van der Waals surface area contributed by atoms with Gasteiger partial charge in [0.25, 0.3) is 5.91 Å². The summed E-state index contributed by atoms with van der Waals surface area (Å²) in [5.74, 6) is -0.736. The number of aromatic nitrogens is 3. The molecular weight excluding hydrogens is 400 g/mol. The number of nitrogens with zero attached hydrogens (tertiary/aromatic N) is 4. The molecule has 0 saturated heterocycles. The Labute approximate surface area is 177 Å². The first-order chi connectivity index (χ1) is 14.6. The molecule has 0 fully saturated rings. The molecule has 0 atom stereocenters. The smallest absolute Gasteiger partial charge is 0.325 e. The fraction of sp³-hybridized carbons (Fsp3) is 0.182. The summed E-state index contributed by atoms with van der Waals surface area (Å²) in [7, 11) is 0. The molecule has 2 aromatic heterocycles. The predicted octanol–water partition coefficient (Wildman–Crippen LogP) is 3.69. The second-order valence-electron chi connectivity index (χ2n) is 6.59. The molecule has 2 aromatic carbocycles. The Kier molecular flexibility index (Phi) is 5.85. The summed E-state index contributed by atoms with van der Waals surface area (Å²) in [6, 6.07) is 17.3. The minimum Gasteiger partial charge on any atom is -0.465 e. The summed E-state index contributed by atoms with van der Waals surface area (Å²) >= 11 is 1.49. The maximum Gasteiger partial charge on any atom is 0.325 e. The molecule has 152 valence electrons. The Balaban J connectivity index is 1.58. The second kappa shape index (κ2) is 8.87. The fourth-order valence-electron chi connectivity index (χ4n) is 3.04. The molecule has 1 amide bonds. The number of esters is 1. The molecule has 0 spiro atoms. The normalized spacial score (nSPS) is 10.8. The van der Waals surface area contributed by atoms with Crippen LogP contribution in [0.4, 0.5) is 0 Å². The van der Waals surface area contributed by atoms with Crippen LogP contribution in [-0.4, -0.2) is 44.7 Å². The summed E-state index contributed by atoms with van der Waals surface area (Å²) in [5, 5.41) is 4.98. The third-order valence-electron chi connectivity index (χ3n) is 4.44. The summed E-state index contributed by atoms with van der Waals surface area (Å²) in [6.45, 7) is 2.17. The summed E-state index contributed by atoms with van der Waals surface area (Å²) in [6.07, 6.45) is 3.14. The largest absolute Gasteiger partial charge is 0.465 e. The third-order valence-corrected chi connectivity index (χ3v) is 5.46. The van der Waals surface area contributed by atoms with Crippen molar-refractivity contribution in [2.75, 3.05) is 13.2 Å². The van der Waals surface area contributed by atoms with Crippen molar-refractivity contribution < 1.29 is 14.3 Å². The Morgan fingerprint density at radius 2 is 1.87 bits per heavy atom. The van der Waals surface area contributed by atoms with Crippen molar-refractivity contribution in [2.45, 2.75) is 13.5 Å². The van der Waals surface area contributed by atoms with Crippen LogP contribution in [-0.2, 0) is 16.1 Å². The van der Waals surface area contributed by atoms with Crippen LogP contribution in [0.1, 0.15) is 22.8 Å². The predicted molar refractivity (Wildman–Crippen MR) is 115 cm³/mol. The number of carbonyl (C=O) groups excluding carboxylic acids is 2. The standard InChI is InChI=1S/C22H20N4O3S/c1-2-29-20(27)15-25(13-16-8-4-3-5-9-16)21(28)17-12-23-26(14-17)22-24-18-10-6-7-11-19(18)30-22/h3-12,14H,2,13,15H2,1H3. The van der Waals surface area contributed by atoms with Crippen LogP contribution in [0.2, 0.25) is 0 Å². The molecule has 2 heterocycles. The van der Waals surface area contributed by atoms with Gasteiger partial charge in [-0.15, -0.1) is 0 Å². The average Bonchev–Trinajstić information content (AvgIpc) is 3.41. The highest BCUT2D eigenvalue weighted by atomic mass is 32.1. The molecule has 7 nitrogen and oxygen atoms in total. The second-order valence-corrected chi connectivity index (χ2v) is 7.60. The van der Waals surface area contributed by atoms with Gasteiger partial charge >= 0.3 is 5.97 Å². The quantitative estimate of drug-likeness (QED) is 0.426. The first-order valence-corrected chi connectivity index (χ1v) is 10.3. The summed E-state index contributed by atoms with van der Waals surface area (Å²) in [4.78, 5) is 31.2. The van der Waals surface area contributed by atoms with Crippen molar-refractivity contribution in [1.82, 2.24) is 19.7 Å². The highest BCUT2D eigenvalue weighted by Crippen LogP contribution is 2.24. The van der Waals surface area contributed by atoms with Crippen molar-refractivity contribution in [3.8, 4) is 5.13 Å². The molecule has 0 aliphatic rings. The van der Waals surface area contributed by atoms with Gasteiger partial charge in [-0.2, -0.15) is 5.10 Å². The van der Waals surface area contributed by atoms with Crippen molar-refractivity contribution in [1.29, 1.82) is 0 Å². The number of thiazole rings is 1. The molecule has 0 N–H and O–H groups in total. The summed E-state index contributed by atoms with van der Waals surface area (Å²) in [5.41, 5.74) is 2.19. The van der Waals surface area contributed by atoms with E-state index in [0.717, 1.165) is 15.8 Å². The SMILES string of the molecule is CCOC(=O)CN(Cc1ccccc1)C(=O)c1cnn(-c2nc3ccccc3s2)c1. The van der Waals surface area contributed by atoms with Crippen molar-refractivity contribution >= 4 is 33.4 Å². The van der Waals surface area contributed by atoms with Gasteiger partial charge in [0.2, 0.25) is 5.13 Å². The fourth-order valence-corrected chi connectivity index (χ4v) is 3.94. The van der Waals surface area contributed by atoms with Crippen LogP contribution in [0.3, 0.4) is 0 Å². The molecule has 0 bridgehead atoms. The Morgan fingerprint density at radius 3 is 2.63 bits per heavy atom. The number of benzene rings is 2. The van der Waals surface area contributed by atoms with Gasteiger partial charge in [-0.05, 0) is 24.6 Å². The van der Waals surface area contributed by atoms with Crippen molar-refractivity contribution in [3.05, 3.63) is 78.1 Å². The molecule has 0 aliphatic carbocycles. The van der Waals surface area contributed by atoms with Crippen LogP contribution in [0, 0.1) is 0 Å². The highest BCUT2D eigenvalue weighted by Gasteiger charge is 2.22. The minimum absolute atomic E-state index is 0.131. The van der Waals surface area contributed by atoms with Gasteiger partial charge in [0, 0.05) is 12.7 Å². The van der Waals surface area contributed by atoms with Gasteiger partial charge in [-0.25, -0.2) is 9.67 Å². The molecule has 0 radical (unpaired) electrons. The van der Waals surface area contributed by atoms with Crippen molar-refractivity contribution in [2.24, 2.45) is 0 Å². The molecule has 0 aliphatic heterocycles. The van der Waals surface area contributed by atoms with Gasteiger partial charge in [-0.3, -0.25) is 9.59 Å². The zero-order chi connectivity index (χ0) is 20.9. The maximum absolute atomic E-state index is 13.2. The highest BCUT2D eigenvalue weighted by molar-refractivity contribution is 7.20. The van der Waals surface area contributed by atoms with E-state index in [1.54, 1.807) is 17.8 Å². The lowest BCUT2D eigenvalue weighted by atomic mass is 10.2. The van der Waals surface area contributed by atoms with Gasteiger partial charge < -0.3 is 9.64 Å². The van der Waals surface area contributed by atoms with Crippen molar-refractivity contribution in [3.63, 3.8) is 0 Å². The number of ether oxygens (including phenoxy) is 1. The van der Waals surface area contributed by atoms with E-state index in [0.29, 0.717) is 17.2 Å². The van der Waals surface area contributed by atoms with Gasteiger partial charge in [0.15, 0.2) is 0 Å². The van der Waals surface area contributed by atoms with E-state index in [-0.39, 0.29) is 19.1 Å². The zero-order valence-electron chi connectivity index (χ0n) is 16.4. The Hall–Kier alpha value is -3.52. The number of fused-ring (bicyclic) bond motifs is 1. The van der Waals surface area contributed by atoms with Gasteiger partial charge in [0.1, 0.15) is 6.54 Å². The number of carbonyl (C=O) groups is 2. The van der Waals surface area contributed by atoms with Gasteiger partial charge in [0.05, 0.1) is 28.6 Å². The Morgan fingerprint density at radius 1 is 1.10 bits per heavy atom. The number of hydrogen-bond acceptors (Lipinski definition) is 6. The molecule has 4 aromatic rings. The number of hydrogen-bond donors (Lipinski definition) is 0. The van der Waals surface area contributed by atoms with Crippen LogP contribution in [0.15, 0.2) is 67.0 Å². The average molecular weight is 420 g/mol. The van der Waals surface area contributed by atoms with E-state index >= 15 is 0 Å². The number of rotatable bonds is 7. The van der Waals surface area contributed by atoms with E-state index in [4.69, 9.17) is 4.74 Å². The molecule has 8 heteroatoms. The molecule has 30 heavy (non-hydrogen) atoms. The molecule has 0 unspecified atom stereocenters. The number of amides is 1. The minimum atomic E-state index is -0.444. The van der Waals surface area contributed by atoms with Crippen LogP contribution >= 0.6 is 11.3 Å². The lowest BCUT2D eigenvalue weighted by molar-refractivity contribution is -0.143. The van der Waals surface area contributed by atoms with E-state index in [1.165, 1.54) is 22.4 Å². The molecular formula is C22H20N4O3S. The van der Waals surface area contributed by atoms with Crippen LogP contribution in [0.5, 0.6) is 0 Å². The van der Waals surface area contributed by atoms with E-state index < -0.39 is 5.97 Å².